The molecule has 0 aliphatic carbocycles. The Morgan fingerprint density at radius 3 is 2.38 bits per heavy atom. The van der Waals surface area contributed by atoms with Gasteiger partial charge in [-0.3, -0.25) is 4.79 Å². The smallest absolute Gasteiger partial charge is 0.294 e. The van der Waals surface area contributed by atoms with Crippen molar-refractivity contribution in [3.8, 4) is 6.07 Å². The van der Waals surface area contributed by atoms with E-state index in [1.807, 2.05) is 0 Å². The average molecular weight is 292 g/mol. The number of halogens is 4. The second-order valence-electron chi connectivity index (χ2n) is 3.05. The molecule has 0 heterocycles. The minimum Gasteiger partial charge on any atom is -0.294 e. The van der Waals surface area contributed by atoms with Gasteiger partial charge in [-0.25, -0.2) is 0 Å². The Morgan fingerprint density at radius 2 is 2.00 bits per heavy atom. The van der Waals surface area contributed by atoms with E-state index in [1.165, 1.54) is 0 Å². The highest BCUT2D eigenvalue weighted by Gasteiger charge is 2.34. The molecule has 2 nitrogen and oxygen atoms in total. The highest BCUT2D eigenvalue weighted by Crippen LogP contribution is 2.37. The van der Waals surface area contributed by atoms with Crippen molar-refractivity contribution in [3.63, 3.8) is 0 Å². The molecule has 16 heavy (non-hydrogen) atoms. The van der Waals surface area contributed by atoms with Crippen LogP contribution in [0.5, 0.6) is 0 Å². The van der Waals surface area contributed by atoms with Gasteiger partial charge in [0, 0.05) is 10.0 Å². The number of rotatable bonds is 1. The van der Waals surface area contributed by atoms with Crippen LogP contribution in [-0.2, 0) is 6.18 Å². The van der Waals surface area contributed by atoms with Gasteiger partial charge in [0.25, 0.3) is 0 Å². The predicted molar refractivity (Wildman–Crippen MR) is 53.9 cm³/mol. The first-order valence-corrected chi connectivity index (χ1v) is 4.88. The molecule has 0 aliphatic rings. The van der Waals surface area contributed by atoms with Gasteiger partial charge in [0.15, 0.2) is 5.78 Å². The lowest BCUT2D eigenvalue weighted by molar-refractivity contribution is -0.138. The van der Waals surface area contributed by atoms with Gasteiger partial charge < -0.3 is 0 Å². The van der Waals surface area contributed by atoms with Crippen LogP contribution >= 0.6 is 15.9 Å². The summed E-state index contributed by atoms with van der Waals surface area (Å²) in [5.41, 5.74) is -1.36. The van der Waals surface area contributed by atoms with Crippen LogP contribution in [-0.4, -0.2) is 5.78 Å². The van der Waals surface area contributed by atoms with E-state index in [0.29, 0.717) is 6.07 Å². The van der Waals surface area contributed by atoms with E-state index in [-0.39, 0.29) is 15.6 Å². The number of hydrogen-bond donors (Lipinski definition) is 0. The first-order chi connectivity index (χ1) is 7.27. The molecule has 1 rings (SSSR count). The van der Waals surface area contributed by atoms with Crippen molar-refractivity contribution in [1.29, 1.82) is 5.26 Å². The SMILES string of the molecule is CC(=O)c1cc(C#N)cc(C(F)(F)F)c1Br. The predicted octanol–water partition coefficient (Wildman–Crippen LogP) is 3.54. The summed E-state index contributed by atoms with van der Waals surface area (Å²) >= 11 is 2.73. The van der Waals surface area contributed by atoms with Gasteiger partial charge in [0.05, 0.1) is 17.2 Å². The van der Waals surface area contributed by atoms with E-state index in [0.717, 1.165) is 13.0 Å². The van der Waals surface area contributed by atoms with Crippen LogP contribution in [0.2, 0.25) is 0 Å². The number of benzene rings is 1. The molecule has 0 radical (unpaired) electrons. The molecule has 84 valence electrons. The lowest BCUT2D eigenvalue weighted by Crippen LogP contribution is -2.09. The fourth-order valence-electron chi connectivity index (χ4n) is 1.15. The molecule has 1 aromatic carbocycles. The van der Waals surface area contributed by atoms with Crippen molar-refractivity contribution in [2.24, 2.45) is 0 Å². The zero-order chi connectivity index (χ0) is 12.5. The van der Waals surface area contributed by atoms with Gasteiger partial charge in [-0.1, -0.05) is 0 Å². The summed E-state index contributed by atoms with van der Waals surface area (Å²) in [5.74, 6) is -0.533. The number of Topliss-reactive ketones (excluding diaryl/α,β-unsaturated/α-hetero) is 1. The van der Waals surface area contributed by atoms with E-state index in [4.69, 9.17) is 5.26 Å². The number of nitriles is 1. The number of carbonyl (C=O) groups is 1. The van der Waals surface area contributed by atoms with Gasteiger partial charge in [0.2, 0.25) is 0 Å². The largest absolute Gasteiger partial charge is 0.417 e. The molecule has 0 N–H and O–H groups in total. The van der Waals surface area contributed by atoms with Crippen LogP contribution in [0.4, 0.5) is 13.2 Å². The van der Waals surface area contributed by atoms with Gasteiger partial charge in [-0.05, 0) is 35.0 Å². The van der Waals surface area contributed by atoms with Gasteiger partial charge in [-0.15, -0.1) is 0 Å². The van der Waals surface area contributed by atoms with E-state index in [9.17, 15) is 18.0 Å². The van der Waals surface area contributed by atoms with Crippen LogP contribution in [0.25, 0.3) is 0 Å². The van der Waals surface area contributed by atoms with Crippen molar-refractivity contribution >= 4 is 21.7 Å². The number of alkyl halides is 3. The summed E-state index contributed by atoms with van der Waals surface area (Å²) < 4.78 is 37.3. The van der Waals surface area contributed by atoms with Crippen molar-refractivity contribution in [3.05, 3.63) is 33.3 Å². The van der Waals surface area contributed by atoms with Crippen LogP contribution in [0.1, 0.15) is 28.4 Å². The fraction of sp³-hybridized carbons (Fsp3) is 0.200. The Labute approximate surface area is 97.8 Å². The summed E-state index contributed by atoms with van der Waals surface area (Å²) in [7, 11) is 0. The molecule has 0 fully saturated rings. The van der Waals surface area contributed by atoms with Crippen LogP contribution < -0.4 is 0 Å². The first-order valence-electron chi connectivity index (χ1n) is 4.09. The molecule has 6 heteroatoms. The van der Waals surface area contributed by atoms with Gasteiger partial charge >= 0.3 is 6.18 Å². The maximum atomic E-state index is 12.6. The zero-order valence-corrected chi connectivity index (χ0v) is 9.61. The molecular weight excluding hydrogens is 287 g/mol. The molecule has 0 spiro atoms. The third-order valence-electron chi connectivity index (χ3n) is 1.89. The van der Waals surface area contributed by atoms with Crippen molar-refractivity contribution in [1.82, 2.24) is 0 Å². The van der Waals surface area contributed by atoms with Crippen LogP contribution in [0.3, 0.4) is 0 Å². The number of ketones is 1. The molecule has 1 aromatic rings. The Hall–Kier alpha value is -1.35. The first kappa shape index (κ1) is 12.7. The Morgan fingerprint density at radius 1 is 1.44 bits per heavy atom. The van der Waals surface area contributed by atoms with Crippen LogP contribution in [0, 0.1) is 11.3 Å². The molecule has 0 bridgehead atoms. The highest BCUT2D eigenvalue weighted by molar-refractivity contribution is 9.10. The average Bonchev–Trinajstić information content (AvgIpc) is 2.15. The van der Waals surface area contributed by atoms with E-state index in [2.05, 4.69) is 15.9 Å². The molecule has 0 saturated carbocycles. The van der Waals surface area contributed by atoms with Gasteiger partial charge in [0.1, 0.15) is 0 Å². The maximum Gasteiger partial charge on any atom is 0.417 e. The maximum absolute atomic E-state index is 12.6. The van der Waals surface area contributed by atoms with Crippen LogP contribution in [0.15, 0.2) is 16.6 Å². The standard InChI is InChI=1S/C10H5BrF3NO/c1-5(16)7-2-6(4-15)3-8(9(7)11)10(12,13)14/h2-3H,1H3. The molecule has 0 amide bonds. The van der Waals surface area contributed by atoms with E-state index < -0.39 is 17.5 Å². The normalized spacial score (nSPS) is 11.0. The highest BCUT2D eigenvalue weighted by atomic mass is 79.9. The minimum absolute atomic E-state index is 0.147. The summed E-state index contributed by atoms with van der Waals surface area (Å²) in [4.78, 5) is 11.1. The summed E-state index contributed by atoms with van der Waals surface area (Å²) in [5, 5.41) is 8.58. The molecule has 0 atom stereocenters. The third-order valence-corrected chi connectivity index (χ3v) is 2.74. The molecular formula is C10H5BrF3NO. The monoisotopic (exact) mass is 291 g/mol. The van der Waals surface area contributed by atoms with Crippen molar-refractivity contribution < 1.29 is 18.0 Å². The molecule has 0 unspecified atom stereocenters. The summed E-state index contributed by atoms with van der Waals surface area (Å²) in [6.45, 7) is 1.14. The lowest BCUT2D eigenvalue weighted by Gasteiger charge is -2.11. The molecule has 0 saturated heterocycles. The Kier molecular flexibility index (Phi) is 3.38. The van der Waals surface area contributed by atoms with Gasteiger partial charge in [-0.2, -0.15) is 18.4 Å². The third kappa shape index (κ3) is 2.42. The number of nitrogens with zero attached hydrogens (tertiary/aromatic N) is 1. The Bertz CT molecular complexity index is 488. The second kappa shape index (κ2) is 4.26. The van der Waals surface area contributed by atoms with Crippen molar-refractivity contribution in [2.45, 2.75) is 13.1 Å². The number of carbonyl (C=O) groups excluding carboxylic acids is 1. The summed E-state index contributed by atoms with van der Waals surface area (Å²) in [6, 6.07) is 3.42. The van der Waals surface area contributed by atoms with E-state index >= 15 is 0 Å². The zero-order valence-electron chi connectivity index (χ0n) is 8.02. The molecule has 0 aromatic heterocycles. The van der Waals surface area contributed by atoms with E-state index in [1.54, 1.807) is 6.07 Å². The lowest BCUT2D eigenvalue weighted by atomic mass is 10.0. The fourth-order valence-corrected chi connectivity index (χ4v) is 1.88. The summed E-state index contributed by atoms with van der Waals surface area (Å²) in [6.07, 6.45) is -4.60. The Balaban J connectivity index is 3.58. The molecule has 0 aliphatic heterocycles. The minimum atomic E-state index is -4.60. The van der Waals surface area contributed by atoms with Crippen molar-refractivity contribution in [2.75, 3.05) is 0 Å². The second-order valence-corrected chi connectivity index (χ2v) is 3.84. The topological polar surface area (TPSA) is 40.9 Å². The number of hydrogen-bond acceptors (Lipinski definition) is 2. The quantitative estimate of drug-likeness (QED) is 0.743.